The van der Waals surface area contributed by atoms with E-state index in [4.69, 9.17) is 0 Å². The number of hydrogen-bond acceptors (Lipinski definition) is 2. The van der Waals surface area contributed by atoms with Crippen LogP contribution in [0.4, 0.5) is 0 Å². The Labute approximate surface area is 123 Å². The molecule has 1 aliphatic carbocycles. The van der Waals surface area contributed by atoms with Gasteiger partial charge >= 0.3 is 0 Å². The first-order chi connectivity index (χ1) is 9.56. The number of aliphatic imine (C=N–C) groups is 1. The molecule has 1 amide bonds. The van der Waals surface area contributed by atoms with Crippen LogP contribution in [0.15, 0.2) is 4.99 Å². The minimum Gasteiger partial charge on any atom is -0.357 e. The summed E-state index contributed by atoms with van der Waals surface area (Å²) in [5.41, 5.74) is 0. The quantitative estimate of drug-likeness (QED) is 0.595. The Hall–Kier alpha value is -1.26. The van der Waals surface area contributed by atoms with Gasteiger partial charge in [0.05, 0.1) is 0 Å². The third kappa shape index (κ3) is 5.80. The molecule has 116 valence electrons. The number of nitrogens with zero attached hydrogens (tertiary/aromatic N) is 2. The summed E-state index contributed by atoms with van der Waals surface area (Å²) in [7, 11) is 3.51. The van der Waals surface area contributed by atoms with E-state index in [9.17, 15) is 4.79 Å². The van der Waals surface area contributed by atoms with Crippen molar-refractivity contribution in [1.82, 2.24) is 15.5 Å². The molecule has 0 aromatic carbocycles. The van der Waals surface area contributed by atoms with E-state index in [1.807, 2.05) is 6.92 Å². The molecular weight excluding hydrogens is 252 g/mol. The third-order valence-electron chi connectivity index (χ3n) is 3.98. The van der Waals surface area contributed by atoms with Crippen molar-refractivity contribution < 1.29 is 4.79 Å². The number of nitrogens with one attached hydrogen (secondary N) is 2. The van der Waals surface area contributed by atoms with Gasteiger partial charge in [-0.25, -0.2) is 4.99 Å². The number of rotatable bonds is 5. The summed E-state index contributed by atoms with van der Waals surface area (Å²) in [6.45, 7) is 5.33. The molecule has 1 aliphatic rings. The summed E-state index contributed by atoms with van der Waals surface area (Å²) >= 11 is 0. The van der Waals surface area contributed by atoms with Crippen LogP contribution in [-0.4, -0.2) is 50.0 Å². The molecule has 2 N–H and O–H groups in total. The molecule has 0 spiro atoms. The zero-order chi connectivity index (χ0) is 15.0. The second-order valence-corrected chi connectivity index (χ2v) is 5.75. The summed E-state index contributed by atoms with van der Waals surface area (Å²) in [5, 5.41) is 6.68. The second-order valence-electron chi connectivity index (χ2n) is 5.75. The molecule has 1 rings (SSSR count). The van der Waals surface area contributed by atoms with Crippen molar-refractivity contribution in [1.29, 1.82) is 0 Å². The lowest BCUT2D eigenvalue weighted by Crippen LogP contribution is -2.45. The molecule has 5 nitrogen and oxygen atoms in total. The van der Waals surface area contributed by atoms with Crippen LogP contribution in [0.1, 0.15) is 46.0 Å². The van der Waals surface area contributed by atoms with Crippen molar-refractivity contribution in [3.05, 3.63) is 0 Å². The van der Waals surface area contributed by atoms with Gasteiger partial charge in [0, 0.05) is 26.7 Å². The van der Waals surface area contributed by atoms with Crippen LogP contribution in [0, 0.1) is 5.92 Å². The summed E-state index contributed by atoms with van der Waals surface area (Å²) in [6, 6.07) is 0.491. The summed E-state index contributed by atoms with van der Waals surface area (Å²) in [5.74, 6) is 1.68. The van der Waals surface area contributed by atoms with E-state index in [1.165, 1.54) is 32.1 Å². The van der Waals surface area contributed by atoms with Crippen molar-refractivity contribution in [3.8, 4) is 0 Å². The van der Waals surface area contributed by atoms with Crippen LogP contribution < -0.4 is 10.6 Å². The minimum atomic E-state index is 0.0249. The molecule has 0 aromatic rings. The van der Waals surface area contributed by atoms with Gasteiger partial charge in [0.2, 0.25) is 5.91 Å². The summed E-state index contributed by atoms with van der Waals surface area (Å²) in [6.07, 6.45) is 6.28. The first-order valence-electron chi connectivity index (χ1n) is 7.81. The fourth-order valence-electron chi connectivity index (χ4n) is 2.52. The molecule has 0 bridgehead atoms. The maximum Gasteiger partial charge on any atom is 0.243 e. The van der Waals surface area contributed by atoms with Crippen molar-refractivity contribution >= 4 is 11.9 Å². The highest BCUT2D eigenvalue weighted by Crippen LogP contribution is 2.26. The second kappa shape index (κ2) is 8.82. The van der Waals surface area contributed by atoms with Crippen molar-refractivity contribution in [2.45, 2.75) is 52.0 Å². The van der Waals surface area contributed by atoms with E-state index >= 15 is 0 Å². The summed E-state index contributed by atoms with van der Waals surface area (Å²) in [4.78, 5) is 17.5. The van der Waals surface area contributed by atoms with Crippen molar-refractivity contribution in [3.63, 3.8) is 0 Å². The molecule has 0 aromatic heterocycles. The van der Waals surface area contributed by atoms with Crippen LogP contribution in [0.2, 0.25) is 0 Å². The van der Waals surface area contributed by atoms with E-state index in [-0.39, 0.29) is 12.5 Å². The Bertz CT molecular complexity index is 320. The predicted molar refractivity (Wildman–Crippen MR) is 83.8 cm³/mol. The number of carbonyl (C=O) groups is 1. The minimum absolute atomic E-state index is 0.0249. The normalized spacial score (nSPS) is 23.3. The molecular formula is C15H30N4O. The highest BCUT2D eigenvalue weighted by atomic mass is 16.2. The summed E-state index contributed by atoms with van der Waals surface area (Å²) < 4.78 is 0. The fraction of sp³-hybridized carbons (Fsp3) is 0.867. The fourth-order valence-corrected chi connectivity index (χ4v) is 2.52. The SMILES string of the molecule is CCNC(=NCC(=O)N(C)C)NC1CCC(CC)CC1. The van der Waals surface area contributed by atoms with Crippen LogP contribution >= 0.6 is 0 Å². The van der Waals surface area contributed by atoms with Gasteiger partial charge in [-0.05, 0) is 38.5 Å². The zero-order valence-electron chi connectivity index (χ0n) is 13.4. The van der Waals surface area contributed by atoms with Crippen LogP contribution in [0.5, 0.6) is 0 Å². The van der Waals surface area contributed by atoms with Crippen molar-refractivity contribution in [2.75, 3.05) is 27.2 Å². The first kappa shape index (κ1) is 16.8. The van der Waals surface area contributed by atoms with Crippen LogP contribution in [0.3, 0.4) is 0 Å². The van der Waals surface area contributed by atoms with Gasteiger partial charge in [0.25, 0.3) is 0 Å². The van der Waals surface area contributed by atoms with Crippen molar-refractivity contribution in [2.24, 2.45) is 10.9 Å². The van der Waals surface area contributed by atoms with E-state index in [1.54, 1.807) is 19.0 Å². The van der Waals surface area contributed by atoms with Gasteiger partial charge in [-0.2, -0.15) is 0 Å². The van der Waals surface area contributed by atoms with Gasteiger partial charge in [0.15, 0.2) is 5.96 Å². The molecule has 0 saturated heterocycles. The molecule has 0 heterocycles. The lowest BCUT2D eigenvalue weighted by Gasteiger charge is -2.29. The van der Waals surface area contributed by atoms with E-state index < -0.39 is 0 Å². The third-order valence-corrected chi connectivity index (χ3v) is 3.98. The molecule has 20 heavy (non-hydrogen) atoms. The first-order valence-corrected chi connectivity index (χ1v) is 7.81. The maximum atomic E-state index is 11.6. The molecule has 1 saturated carbocycles. The lowest BCUT2D eigenvalue weighted by atomic mass is 9.84. The molecule has 1 fully saturated rings. The lowest BCUT2D eigenvalue weighted by molar-refractivity contribution is -0.127. The Morgan fingerprint density at radius 1 is 1.20 bits per heavy atom. The molecule has 0 unspecified atom stereocenters. The Morgan fingerprint density at radius 2 is 1.85 bits per heavy atom. The smallest absolute Gasteiger partial charge is 0.243 e. The van der Waals surface area contributed by atoms with Gasteiger partial charge in [-0.15, -0.1) is 0 Å². The standard InChI is InChI=1S/C15H30N4O/c1-5-12-7-9-13(10-8-12)18-15(16-6-2)17-11-14(20)19(3)4/h12-13H,5-11H2,1-4H3,(H2,16,17,18). The number of hydrogen-bond donors (Lipinski definition) is 2. The van der Waals surface area contributed by atoms with E-state index in [0.717, 1.165) is 18.4 Å². The van der Waals surface area contributed by atoms with Crippen LogP contribution in [0.25, 0.3) is 0 Å². The number of likely N-dealkylation sites (N-methyl/N-ethyl adjacent to an activating group) is 1. The Morgan fingerprint density at radius 3 is 2.35 bits per heavy atom. The predicted octanol–water partition coefficient (Wildman–Crippen LogP) is 1.60. The average Bonchev–Trinajstić information content (AvgIpc) is 2.45. The molecule has 0 aliphatic heterocycles. The highest BCUT2D eigenvalue weighted by molar-refractivity contribution is 5.84. The molecule has 5 heteroatoms. The molecule has 0 atom stereocenters. The van der Waals surface area contributed by atoms with Gasteiger partial charge in [-0.3, -0.25) is 4.79 Å². The topological polar surface area (TPSA) is 56.7 Å². The maximum absolute atomic E-state index is 11.6. The monoisotopic (exact) mass is 282 g/mol. The van der Waals surface area contributed by atoms with Crippen LogP contribution in [-0.2, 0) is 4.79 Å². The Kier molecular flexibility index (Phi) is 7.41. The van der Waals surface area contributed by atoms with E-state index in [0.29, 0.717) is 6.04 Å². The highest BCUT2D eigenvalue weighted by Gasteiger charge is 2.20. The van der Waals surface area contributed by atoms with Gasteiger partial charge in [-0.1, -0.05) is 13.3 Å². The average molecular weight is 282 g/mol. The van der Waals surface area contributed by atoms with Gasteiger partial charge < -0.3 is 15.5 Å². The number of carbonyl (C=O) groups excluding carboxylic acids is 1. The van der Waals surface area contributed by atoms with E-state index in [2.05, 4.69) is 22.5 Å². The number of amides is 1. The largest absolute Gasteiger partial charge is 0.357 e. The number of guanidine groups is 1. The zero-order valence-corrected chi connectivity index (χ0v) is 13.4. The van der Waals surface area contributed by atoms with Gasteiger partial charge in [0.1, 0.15) is 6.54 Å². The Balaban J connectivity index is 2.46. The molecule has 0 radical (unpaired) electrons.